The summed E-state index contributed by atoms with van der Waals surface area (Å²) in [6.07, 6.45) is 6.33. The van der Waals surface area contributed by atoms with Crippen LogP contribution in [0, 0.1) is 0 Å². The van der Waals surface area contributed by atoms with Crippen molar-refractivity contribution in [2.75, 3.05) is 0 Å². The molecule has 18 heavy (non-hydrogen) atoms. The number of hydrogen-bond donors (Lipinski definition) is 0. The van der Waals surface area contributed by atoms with Gasteiger partial charge >= 0.3 is 0 Å². The lowest BCUT2D eigenvalue weighted by molar-refractivity contribution is 0.706. The molecule has 0 N–H and O–H groups in total. The molecule has 0 spiro atoms. The van der Waals surface area contributed by atoms with Gasteiger partial charge in [-0.15, -0.1) is 21.5 Å². The summed E-state index contributed by atoms with van der Waals surface area (Å²) in [5, 5.41) is 10.3. The molecule has 3 rings (SSSR count). The number of aryl methyl sites for hydroxylation is 2. The lowest BCUT2D eigenvalue weighted by Gasteiger charge is -2.05. The molecule has 0 bridgehead atoms. The summed E-state index contributed by atoms with van der Waals surface area (Å²) in [5.74, 6) is 0.897. The van der Waals surface area contributed by atoms with E-state index < -0.39 is 0 Å². The molecule has 0 atom stereocenters. The van der Waals surface area contributed by atoms with Gasteiger partial charge in [-0.05, 0) is 30.0 Å². The van der Waals surface area contributed by atoms with Crippen LogP contribution in [0.3, 0.4) is 0 Å². The van der Waals surface area contributed by atoms with Crippen LogP contribution in [0.5, 0.6) is 0 Å². The first-order valence-corrected chi connectivity index (χ1v) is 6.62. The Kier molecular flexibility index (Phi) is 3.14. The molecule has 0 unspecified atom stereocenters. The second kappa shape index (κ2) is 5.10. The molecule has 0 aliphatic carbocycles. The van der Waals surface area contributed by atoms with E-state index in [1.54, 1.807) is 30.1 Å². The van der Waals surface area contributed by atoms with Gasteiger partial charge in [0.15, 0.2) is 5.82 Å². The van der Waals surface area contributed by atoms with E-state index in [2.05, 4.69) is 37.3 Å². The average Bonchev–Trinajstić information content (AvgIpc) is 3.09. The van der Waals surface area contributed by atoms with Crippen molar-refractivity contribution in [1.29, 1.82) is 0 Å². The van der Waals surface area contributed by atoms with Crippen LogP contribution in [-0.4, -0.2) is 19.7 Å². The third kappa shape index (κ3) is 2.31. The first kappa shape index (κ1) is 11.1. The van der Waals surface area contributed by atoms with Gasteiger partial charge in [0.2, 0.25) is 0 Å². The van der Waals surface area contributed by atoms with Crippen molar-refractivity contribution in [1.82, 2.24) is 19.7 Å². The minimum absolute atomic E-state index is 0.894. The normalized spacial score (nSPS) is 10.7. The fourth-order valence-corrected chi connectivity index (χ4v) is 2.53. The van der Waals surface area contributed by atoms with Gasteiger partial charge in [-0.1, -0.05) is 6.07 Å². The molecule has 0 aliphatic heterocycles. The largest absolute Gasteiger partial charge is 0.313 e. The SMILES string of the molecule is c1csc(CCn2cnnc2-c2ccncc2)c1. The number of pyridine rings is 1. The number of hydrogen-bond acceptors (Lipinski definition) is 4. The molecule has 0 aromatic carbocycles. The third-order valence-electron chi connectivity index (χ3n) is 2.73. The van der Waals surface area contributed by atoms with E-state index in [0.717, 1.165) is 24.4 Å². The fraction of sp³-hybridized carbons (Fsp3) is 0.154. The highest BCUT2D eigenvalue weighted by molar-refractivity contribution is 7.09. The van der Waals surface area contributed by atoms with Gasteiger partial charge in [0.1, 0.15) is 6.33 Å². The Bertz CT molecular complexity index is 601. The van der Waals surface area contributed by atoms with Crippen molar-refractivity contribution in [2.24, 2.45) is 0 Å². The zero-order valence-electron chi connectivity index (χ0n) is 9.73. The Morgan fingerprint density at radius 3 is 2.83 bits per heavy atom. The molecular weight excluding hydrogens is 244 g/mol. The van der Waals surface area contributed by atoms with E-state index in [9.17, 15) is 0 Å². The van der Waals surface area contributed by atoms with Crippen molar-refractivity contribution in [2.45, 2.75) is 13.0 Å². The Labute approximate surface area is 109 Å². The van der Waals surface area contributed by atoms with Crippen LogP contribution >= 0.6 is 11.3 Å². The summed E-state index contributed by atoms with van der Waals surface area (Å²) in [6, 6.07) is 8.13. The van der Waals surface area contributed by atoms with Gasteiger partial charge in [0, 0.05) is 29.4 Å². The molecule has 0 fully saturated rings. The molecule has 3 heterocycles. The summed E-state index contributed by atoms with van der Waals surface area (Å²) in [7, 11) is 0. The summed E-state index contributed by atoms with van der Waals surface area (Å²) in [5.41, 5.74) is 1.05. The maximum absolute atomic E-state index is 4.17. The van der Waals surface area contributed by atoms with Crippen molar-refractivity contribution in [3.05, 3.63) is 53.2 Å². The van der Waals surface area contributed by atoms with Gasteiger partial charge < -0.3 is 4.57 Å². The minimum Gasteiger partial charge on any atom is -0.313 e. The lowest BCUT2D eigenvalue weighted by atomic mass is 10.2. The summed E-state index contributed by atoms with van der Waals surface area (Å²) in [4.78, 5) is 5.39. The van der Waals surface area contributed by atoms with Gasteiger partial charge in [-0.2, -0.15) is 0 Å². The maximum atomic E-state index is 4.17. The number of rotatable bonds is 4. The Morgan fingerprint density at radius 2 is 2.06 bits per heavy atom. The summed E-state index contributed by atoms with van der Waals surface area (Å²) >= 11 is 1.78. The molecular formula is C13H12N4S. The van der Waals surface area contributed by atoms with Gasteiger partial charge in [0.05, 0.1) is 0 Å². The van der Waals surface area contributed by atoms with E-state index in [4.69, 9.17) is 0 Å². The quantitative estimate of drug-likeness (QED) is 0.720. The number of nitrogens with zero attached hydrogens (tertiary/aromatic N) is 4. The summed E-state index contributed by atoms with van der Waals surface area (Å²) < 4.78 is 2.08. The van der Waals surface area contributed by atoms with E-state index in [0.29, 0.717) is 0 Å². The van der Waals surface area contributed by atoms with Crippen LogP contribution in [-0.2, 0) is 13.0 Å². The van der Waals surface area contributed by atoms with Crippen molar-refractivity contribution >= 4 is 11.3 Å². The zero-order valence-corrected chi connectivity index (χ0v) is 10.5. The fourth-order valence-electron chi connectivity index (χ4n) is 1.83. The van der Waals surface area contributed by atoms with E-state index in [1.807, 2.05) is 12.1 Å². The lowest BCUT2D eigenvalue weighted by Crippen LogP contribution is -2.01. The van der Waals surface area contributed by atoms with E-state index in [1.165, 1.54) is 4.88 Å². The van der Waals surface area contributed by atoms with Crippen LogP contribution in [0.4, 0.5) is 0 Å². The third-order valence-corrected chi connectivity index (χ3v) is 3.67. The molecule has 0 saturated carbocycles. The average molecular weight is 256 g/mol. The summed E-state index contributed by atoms with van der Waals surface area (Å²) in [6.45, 7) is 0.894. The molecule has 3 aromatic rings. The first-order valence-electron chi connectivity index (χ1n) is 5.74. The topological polar surface area (TPSA) is 43.6 Å². The molecule has 0 aliphatic rings. The second-order valence-electron chi connectivity index (χ2n) is 3.91. The van der Waals surface area contributed by atoms with E-state index in [-0.39, 0.29) is 0 Å². The molecule has 0 amide bonds. The van der Waals surface area contributed by atoms with Gasteiger partial charge in [0.25, 0.3) is 0 Å². The highest BCUT2D eigenvalue weighted by atomic mass is 32.1. The molecule has 0 radical (unpaired) electrons. The Morgan fingerprint density at radius 1 is 1.17 bits per heavy atom. The number of aromatic nitrogens is 4. The maximum Gasteiger partial charge on any atom is 0.163 e. The predicted molar refractivity (Wildman–Crippen MR) is 71.3 cm³/mol. The van der Waals surface area contributed by atoms with Crippen LogP contribution in [0.25, 0.3) is 11.4 Å². The minimum atomic E-state index is 0.894. The van der Waals surface area contributed by atoms with Crippen LogP contribution < -0.4 is 0 Å². The van der Waals surface area contributed by atoms with Gasteiger partial charge in [-0.25, -0.2) is 0 Å². The first-order chi connectivity index (χ1) is 8.93. The second-order valence-corrected chi connectivity index (χ2v) is 4.95. The Hall–Kier alpha value is -2.01. The van der Waals surface area contributed by atoms with Gasteiger partial charge in [-0.3, -0.25) is 4.98 Å². The van der Waals surface area contributed by atoms with Crippen molar-refractivity contribution < 1.29 is 0 Å². The van der Waals surface area contributed by atoms with E-state index >= 15 is 0 Å². The highest BCUT2D eigenvalue weighted by Gasteiger charge is 2.06. The molecule has 4 nitrogen and oxygen atoms in total. The monoisotopic (exact) mass is 256 g/mol. The van der Waals surface area contributed by atoms with Crippen molar-refractivity contribution in [3.8, 4) is 11.4 Å². The smallest absolute Gasteiger partial charge is 0.163 e. The highest BCUT2D eigenvalue weighted by Crippen LogP contribution is 2.16. The van der Waals surface area contributed by atoms with Crippen molar-refractivity contribution in [3.63, 3.8) is 0 Å². The molecule has 0 saturated heterocycles. The number of thiophene rings is 1. The predicted octanol–water partition coefficient (Wildman–Crippen LogP) is 2.64. The Balaban J connectivity index is 1.80. The van der Waals surface area contributed by atoms with Crippen LogP contribution in [0.1, 0.15) is 4.88 Å². The molecule has 3 aromatic heterocycles. The standard InChI is InChI=1S/C13H12N4S/c1-2-12(18-9-1)5-8-17-10-15-16-13(17)11-3-6-14-7-4-11/h1-4,6-7,9-10H,5,8H2. The molecule has 90 valence electrons. The van der Waals surface area contributed by atoms with Crippen LogP contribution in [0.2, 0.25) is 0 Å². The zero-order chi connectivity index (χ0) is 12.2. The molecule has 5 heteroatoms. The van der Waals surface area contributed by atoms with Crippen LogP contribution in [0.15, 0.2) is 48.4 Å².